The van der Waals surface area contributed by atoms with Gasteiger partial charge in [-0.3, -0.25) is 4.79 Å². The van der Waals surface area contributed by atoms with Crippen molar-refractivity contribution in [1.29, 1.82) is 0 Å². The maximum absolute atomic E-state index is 13.1. The molecule has 0 aliphatic heterocycles. The summed E-state index contributed by atoms with van der Waals surface area (Å²) in [6.07, 6.45) is 0.161. The van der Waals surface area contributed by atoms with Gasteiger partial charge in [0.05, 0.1) is 27.2 Å². The highest BCUT2D eigenvalue weighted by atomic mass is 32.1. The van der Waals surface area contributed by atoms with Crippen LogP contribution in [-0.2, 0) is 16.0 Å². The van der Waals surface area contributed by atoms with Crippen molar-refractivity contribution in [2.75, 3.05) is 26.1 Å². The number of carbonyl (C=O) groups is 2. The zero-order chi connectivity index (χ0) is 27.2. The van der Waals surface area contributed by atoms with Gasteiger partial charge >= 0.3 is 5.97 Å². The molecule has 0 spiro atoms. The Morgan fingerprint density at radius 3 is 2.45 bits per heavy atom. The highest BCUT2D eigenvalue weighted by Crippen LogP contribution is 2.42. The average Bonchev–Trinajstić information content (AvgIpc) is 3.23. The second kappa shape index (κ2) is 12.1. The lowest BCUT2D eigenvalue weighted by Crippen LogP contribution is -2.35. The van der Waals surface area contributed by atoms with Crippen LogP contribution in [-0.4, -0.2) is 37.8 Å². The average molecular weight is 549 g/mol. The summed E-state index contributed by atoms with van der Waals surface area (Å²) in [6.45, 7) is 3.87. The molecule has 9 heteroatoms. The molecular weight excluding hydrogens is 520 g/mol. The number of amides is 1. The van der Waals surface area contributed by atoms with Crippen LogP contribution in [0.5, 0.6) is 11.5 Å². The lowest BCUT2D eigenvalue weighted by Gasteiger charge is -2.13. The lowest BCUT2D eigenvalue weighted by molar-refractivity contribution is -0.119. The molecule has 196 valence electrons. The summed E-state index contributed by atoms with van der Waals surface area (Å²) in [7, 11) is 3.12. The number of ether oxygens (including phenoxy) is 3. The molecule has 2 N–H and O–H groups in total. The third kappa shape index (κ3) is 5.79. The first-order valence-electron chi connectivity index (χ1n) is 12.0. The Kier molecular flexibility index (Phi) is 8.60. The predicted octanol–water partition coefficient (Wildman–Crippen LogP) is 6.13. The first-order chi connectivity index (χ1) is 18.4. The molecule has 0 unspecified atom stereocenters. The minimum absolute atomic E-state index is 0.0981. The molecule has 0 bridgehead atoms. The van der Waals surface area contributed by atoms with Gasteiger partial charge in [-0.25, -0.2) is 4.79 Å². The molecular formula is C29H28N2O5S2. The SMILES string of the molecule is CCOC(=O)c1c(NC(=S)NC(=O)Cc2cccc3ccccc23)sc(C)c1-c1ccc(OC)c(OC)c1. The number of anilines is 1. The number of esters is 1. The lowest BCUT2D eigenvalue weighted by atomic mass is 10.0. The fraction of sp³-hybridized carbons (Fsp3) is 0.207. The van der Waals surface area contributed by atoms with E-state index in [-0.39, 0.29) is 24.0 Å². The topological polar surface area (TPSA) is 85.9 Å². The minimum Gasteiger partial charge on any atom is -0.493 e. The molecule has 4 aromatic rings. The Balaban J connectivity index is 1.59. The van der Waals surface area contributed by atoms with Crippen molar-refractivity contribution in [2.45, 2.75) is 20.3 Å². The van der Waals surface area contributed by atoms with Crippen LogP contribution in [0.3, 0.4) is 0 Å². The zero-order valence-corrected chi connectivity index (χ0v) is 23.2. The van der Waals surface area contributed by atoms with Crippen molar-refractivity contribution >= 4 is 56.3 Å². The number of aryl methyl sites for hydroxylation is 1. The van der Waals surface area contributed by atoms with Crippen LogP contribution in [0.2, 0.25) is 0 Å². The van der Waals surface area contributed by atoms with Crippen LogP contribution < -0.4 is 20.1 Å². The van der Waals surface area contributed by atoms with E-state index in [1.165, 1.54) is 11.3 Å². The number of fused-ring (bicyclic) bond motifs is 1. The highest BCUT2D eigenvalue weighted by Gasteiger charge is 2.26. The van der Waals surface area contributed by atoms with Crippen LogP contribution in [0.25, 0.3) is 21.9 Å². The highest BCUT2D eigenvalue weighted by molar-refractivity contribution is 7.80. The number of rotatable bonds is 8. The largest absolute Gasteiger partial charge is 0.493 e. The Labute approximate surface area is 230 Å². The quantitative estimate of drug-likeness (QED) is 0.202. The van der Waals surface area contributed by atoms with Gasteiger partial charge in [-0.2, -0.15) is 0 Å². The van der Waals surface area contributed by atoms with Gasteiger partial charge in [-0.15, -0.1) is 11.3 Å². The van der Waals surface area contributed by atoms with E-state index in [1.54, 1.807) is 27.2 Å². The van der Waals surface area contributed by atoms with Gasteiger partial charge in [0.15, 0.2) is 16.6 Å². The van der Waals surface area contributed by atoms with Gasteiger partial charge in [0.2, 0.25) is 5.91 Å². The maximum Gasteiger partial charge on any atom is 0.341 e. The van der Waals surface area contributed by atoms with E-state index in [9.17, 15) is 9.59 Å². The van der Waals surface area contributed by atoms with Crippen molar-refractivity contribution < 1.29 is 23.8 Å². The Morgan fingerprint density at radius 2 is 1.71 bits per heavy atom. The van der Waals surface area contributed by atoms with E-state index < -0.39 is 5.97 Å². The monoisotopic (exact) mass is 548 g/mol. The number of thiocarbonyl (C=S) groups is 1. The van der Waals surface area contributed by atoms with Crippen molar-refractivity contribution in [2.24, 2.45) is 0 Å². The second-order valence-electron chi connectivity index (χ2n) is 8.34. The van der Waals surface area contributed by atoms with E-state index in [2.05, 4.69) is 10.6 Å². The predicted molar refractivity (Wildman–Crippen MR) is 156 cm³/mol. The van der Waals surface area contributed by atoms with E-state index >= 15 is 0 Å². The Hall–Kier alpha value is -3.95. The summed E-state index contributed by atoms with van der Waals surface area (Å²) in [5.41, 5.74) is 2.70. The van der Waals surface area contributed by atoms with Crippen LogP contribution in [0.15, 0.2) is 60.7 Å². The van der Waals surface area contributed by atoms with Gasteiger partial charge in [-0.05, 0) is 60.1 Å². The molecule has 1 heterocycles. The number of hydrogen-bond donors (Lipinski definition) is 2. The molecule has 1 aromatic heterocycles. The summed E-state index contributed by atoms with van der Waals surface area (Å²) in [5.74, 6) is 0.366. The van der Waals surface area contributed by atoms with Gasteiger partial charge < -0.3 is 24.8 Å². The van der Waals surface area contributed by atoms with Gasteiger partial charge in [0.1, 0.15) is 10.6 Å². The third-order valence-electron chi connectivity index (χ3n) is 5.95. The number of thiophene rings is 1. The number of methoxy groups -OCH3 is 2. The number of benzene rings is 3. The number of hydrogen-bond acceptors (Lipinski definition) is 7. The normalized spacial score (nSPS) is 10.6. The van der Waals surface area contributed by atoms with Crippen LogP contribution in [0.1, 0.15) is 27.7 Å². The first kappa shape index (κ1) is 27.1. The fourth-order valence-corrected chi connectivity index (χ4v) is 5.64. The molecule has 0 aliphatic carbocycles. The third-order valence-corrected chi connectivity index (χ3v) is 7.17. The van der Waals surface area contributed by atoms with Gasteiger partial charge in [0, 0.05) is 10.4 Å². The minimum atomic E-state index is -0.492. The maximum atomic E-state index is 13.1. The van der Waals surface area contributed by atoms with E-state index in [4.69, 9.17) is 26.4 Å². The molecule has 7 nitrogen and oxygen atoms in total. The van der Waals surface area contributed by atoms with E-state index in [0.29, 0.717) is 27.6 Å². The van der Waals surface area contributed by atoms with Crippen molar-refractivity contribution in [1.82, 2.24) is 5.32 Å². The van der Waals surface area contributed by atoms with E-state index in [0.717, 1.165) is 26.8 Å². The summed E-state index contributed by atoms with van der Waals surface area (Å²) in [4.78, 5) is 26.8. The smallest absolute Gasteiger partial charge is 0.341 e. The van der Waals surface area contributed by atoms with Gasteiger partial charge in [-0.1, -0.05) is 48.5 Å². The standard InChI is InChI=1S/C29H28N2O5S2/c1-5-36-28(33)26-25(20-13-14-22(34-3)23(15-20)35-4)17(2)38-27(26)31-29(37)30-24(32)16-19-11-8-10-18-9-6-7-12-21(18)19/h6-15H,5,16H2,1-4H3,(H2,30,31,32,37). The van der Waals surface area contributed by atoms with E-state index in [1.807, 2.05) is 61.5 Å². The van der Waals surface area contributed by atoms with Crippen LogP contribution >= 0.6 is 23.6 Å². The zero-order valence-electron chi connectivity index (χ0n) is 21.5. The molecule has 3 aromatic carbocycles. The van der Waals surface area contributed by atoms with Crippen molar-refractivity contribution in [3.63, 3.8) is 0 Å². The summed E-state index contributed by atoms with van der Waals surface area (Å²) in [6, 6.07) is 19.2. The first-order valence-corrected chi connectivity index (χ1v) is 13.2. The molecule has 4 rings (SSSR count). The Bertz CT molecular complexity index is 1510. The fourth-order valence-electron chi connectivity index (χ4n) is 4.29. The molecule has 0 saturated heterocycles. The molecule has 0 saturated carbocycles. The summed E-state index contributed by atoms with van der Waals surface area (Å²) in [5, 5.41) is 8.45. The molecule has 0 fully saturated rings. The Morgan fingerprint density at radius 1 is 0.974 bits per heavy atom. The molecule has 0 aliphatic rings. The summed E-state index contributed by atoms with van der Waals surface area (Å²) < 4.78 is 16.2. The van der Waals surface area contributed by atoms with Crippen molar-refractivity contribution in [3.8, 4) is 22.6 Å². The molecule has 1 amide bonds. The molecule has 0 radical (unpaired) electrons. The van der Waals surface area contributed by atoms with Crippen LogP contribution in [0.4, 0.5) is 5.00 Å². The van der Waals surface area contributed by atoms with Crippen LogP contribution in [0, 0.1) is 6.92 Å². The number of nitrogens with one attached hydrogen (secondary N) is 2. The second-order valence-corrected chi connectivity index (χ2v) is 9.98. The molecule has 0 atom stereocenters. The van der Waals surface area contributed by atoms with Gasteiger partial charge in [0.25, 0.3) is 0 Å². The number of carbonyl (C=O) groups excluding carboxylic acids is 2. The summed E-state index contributed by atoms with van der Waals surface area (Å²) >= 11 is 6.80. The van der Waals surface area contributed by atoms with Crippen molar-refractivity contribution in [3.05, 3.63) is 76.7 Å². The molecule has 38 heavy (non-hydrogen) atoms.